The first-order valence-electron chi connectivity index (χ1n) is 6.94. The minimum atomic E-state index is 0.00970. The van der Waals surface area contributed by atoms with E-state index in [1.54, 1.807) is 0 Å². The number of hydrogen-bond acceptors (Lipinski definition) is 2. The van der Waals surface area contributed by atoms with Gasteiger partial charge in [-0.25, -0.2) is 4.99 Å². The number of benzene rings is 2. The molecule has 2 aliphatic rings. The third-order valence-corrected chi connectivity index (χ3v) is 5.53. The van der Waals surface area contributed by atoms with E-state index in [0.29, 0.717) is 5.11 Å². The van der Waals surface area contributed by atoms with Crippen LogP contribution in [0.5, 0.6) is 0 Å². The molecule has 0 bridgehead atoms. The molecule has 0 saturated carbocycles. The zero-order valence-electron chi connectivity index (χ0n) is 11.4. The maximum Gasteiger partial charge on any atom is 0.193 e. The van der Waals surface area contributed by atoms with Crippen LogP contribution in [0.15, 0.2) is 58.0 Å². The molecule has 1 N–H and O–H groups in total. The largest absolute Gasteiger partial charge is 0.353 e. The molecule has 0 saturated heterocycles. The number of halogens is 1. The van der Waals surface area contributed by atoms with Crippen molar-refractivity contribution in [2.45, 2.75) is 6.04 Å². The highest BCUT2D eigenvalue weighted by molar-refractivity contribution is 9.10. The Morgan fingerprint density at radius 1 is 0.955 bits per heavy atom. The molecule has 2 aromatic carbocycles. The number of fused-ring (bicyclic) bond motifs is 3. The monoisotopic (exact) mass is 386 g/mol. The lowest BCUT2D eigenvalue weighted by atomic mass is 9.88. The quantitative estimate of drug-likeness (QED) is 0.742. The van der Waals surface area contributed by atoms with E-state index >= 15 is 0 Å². The van der Waals surface area contributed by atoms with Gasteiger partial charge in [0.2, 0.25) is 0 Å². The van der Waals surface area contributed by atoms with Crippen molar-refractivity contribution in [3.63, 3.8) is 0 Å². The highest BCUT2D eigenvalue weighted by Gasteiger charge is 2.42. The number of nitrogens with one attached hydrogen (secondary N) is 1. The molecule has 108 valence electrons. The Morgan fingerprint density at radius 2 is 1.64 bits per heavy atom. The van der Waals surface area contributed by atoms with Crippen LogP contribution in [0.4, 0.5) is 0 Å². The molecule has 22 heavy (non-hydrogen) atoms. The van der Waals surface area contributed by atoms with Crippen LogP contribution in [0.25, 0.3) is 0 Å². The Balaban J connectivity index is 1.89. The molecule has 0 fully saturated rings. The molecule has 2 aromatic rings. The van der Waals surface area contributed by atoms with Gasteiger partial charge in [-0.15, -0.1) is 0 Å². The second-order valence-electron chi connectivity index (χ2n) is 5.33. The summed E-state index contributed by atoms with van der Waals surface area (Å²) < 4.78 is 1.05. The summed E-state index contributed by atoms with van der Waals surface area (Å²) in [7, 11) is 0. The molecule has 4 rings (SSSR count). The molecule has 2 unspecified atom stereocenters. The van der Waals surface area contributed by atoms with Gasteiger partial charge in [0.05, 0.1) is 17.7 Å². The predicted octanol–water partition coefficient (Wildman–Crippen LogP) is 4.22. The summed E-state index contributed by atoms with van der Waals surface area (Å²) in [5.41, 5.74) is 4.35. The Morgan fingerprint density at radius 3 is 2.41 bits per heavy atom. The lowest BCUT2D eigenvalue weighted by Crippen LogP contribution is -2.41. The summed E-state index contributed by atoms with van der Waals surface area (Å²) in [5.74, 6) is 0.0396. The van der Waals surface area contributed by atoms with Gasteiger partial charge in [-0.3, -0.25) is 0 Å². The van der Waals surface area contributed by atoms with E-state index in [0.717, 1.165) is 31.7 Å². The number of nitrogens with zero attached hydrogens (tertiary/aromatic N) is 1. The Hall–Kier alpha value is -1.43. The van der Waals surface area contributed by atoms with Crippen LogP contribution in [0.1, 0.15) is 22.7 Å². The van der Waals surface area contributed by atoms with E-state index in [1.807, 2.05) is 30.3 Å². The van der Waals surface area contributed by atoms with Crippen molar-refractivity contribution >= 4 is 56.1 Å². The van der Waals surface area contributed by atoms with Crippen molar-refractivity contribution in [1.82, 2.24) is 5.32 Å². The molecule has 1 heterocycles. The second-order valence-corrected chi connectivity index (χ2v) is 7.01. The smallest absolute Gasteiger partial charge is 0.193 e. The highest BCUT2D eigenvalue weighted by atomic mass is 79.9. The topological polar surface area (TPSA) is 24.4 Å². The predicted molar refractivity (Wildman–Crippen MR) is 101 cm³/mol. The van der Waals surface area contributed by atoms with Gasteiger partial charge >= 0.3 is 0 Å². The van der Waals surface area contributed by atoms with Crippen LogP contribution in [0, 0.1) is 5.92 Å². The fraction of sp³-hybridized carbons (Fsp3) is 0.118. The standard InChI is InChI=1S/C17H11BrN2S2/c18-12-8-4-3-7-11(12)15-13-14(19-17(22)20-15)9-5-1-2-6-10(9)16(13)21/h1-8,13,15H,(H,20,22). The van der Waals surface area contributed by atoms with E-state index in [2.05, 4.69) is 44.4 Å². The van der Waals surface area contributed by atoms with Crippen LogP contribution in [-0.2, 0) is 0 Å². The molecule has 2 atom stereocenters. The normalized spacial score (nSPS) is 22.7. The van der Waals surface area contributed by atoms with Crippen molar-refractivity contribution in [2.24, 2.45) is 10.9 Å². The summed E-state index contributed by atoms with van der Waals surface area (Å²) in [6, 6.07) is 16.4. The highest BCUT2D eigenvalue weighted by Crippen LogP contribution is 2.40. The van der Waals surface area contributed by atoms with E-state index in [-0.39, 0.29) is 12.0 Å². The number of rotatable bonds is 1. The van der Waals surface area contributed by atoms with Gasteiger partial charge in [-0.05, 0) is 29.4 Å². The van der Waals surface area contributed by atoms with Gasteiger partial charge < -0.3 is 5.32 Å². The van der Waals surface area contributed by atoms with Gasteiger partial charge in [-0.2, -0.15) is 0 Å². The Kier molecular flexibility index (Phi) is 3.44. The average Bonchev–Trinajstić information content (AvgIpc) is 2.81. The van der Waals surface area contributed by atoms with Crippen LogP contribution in [0.2, 0.25) is 0 Å². The van der Waals surface area contributed by atoms with E-state index in [4.69, 9.17) is 24.4 Å². The van der Waals surface area contributed by atoms with E-state index in [1.165, 1.54) is 0 Å². The van der Waals surface area contributed by atoms with Crippen molar-refractivity contribution in [2.75, 3.05) is 0 Å². The SMILES string of the molecule is S=C1N=C2c3ccccc3C(=S)C2C(c2ccccc2Br)N1. The van der Waals surface area contributed by atoms with Crippen molar-refractivity contribution in [1.29, 1.82) is 0 Å². The molecular weight excluding hydrogens is 376 g/mol. The second kappa shape index (κ2) is 5.33. The third kappa shape index (κ3) is 2.07. The van der Waals surface area contributed by atoms with Crippen LogP contribution < -0.4 is 5.32 Å². The van der Waals surface area contributed by atoms with Crippen molar-refractivity contribution < 1.29 is 0 Å². The van der Waals surface area contributed by atoms with Crippen molar-refractivity contribution in [3.05, 3.63) is 69.7 Å². The molecule has 0 amide bonds. The lowest BCUT2D eigenvalue weighted by Gasteiger charge is -2.30. The zero-order chi connectivity index (χ0) is 15.3. The van der Waals surface area contributed by atoms with Crippen LogP contribution in [-0.4, -0.2) is 15.7 Å². The molecule has 5 heteroatoms. The molecule has 0 aromatic heterocycles. The average molecular weight is 387 g/mol. The summed E-state index contributed by atoms with van der Waals surface area (Å²) in [6.07, 6.45) is 0. The minimum Gasteiger partial charge on any atom is -0.353 e. The van der Waals surface area contributed by atoms with E-state index in [9.17, 15) is 0 Å². The van der Waals surface area contributed by atoms with E-state index < -0.39 is 0 Å². The number of hydrogen-bond donors (Lipinski definition) is 1. The number of thiocarbonyl (C=S) groups is 2. The fourth-order valence-corrected chi connectivity index (χ4v) is 4.34. The summed E-state index contributed by atoms with van der Waals surface area (Å²) in [4.78, 5) is 5.51. The van der Waals surface area contributed by atoms with Gasteiger partial charge in [0.25, 0.3) is 0 Å². The summed E-state index contributed by atoms with van der Waals surface area (Å²) in [5, 5.41) is 3.86. The first kappa shape index (κ1) is 14.2. The summed E-state index contributed by atoms with van der Waals surface area (Å²) >= 11 is 14.7. The third-order valence-electron chi connectivity index (χ3n) is 4.12. The molecule has 0 radical (unpaired) electrons. The van der Waals surface area contributed by atoms with Gasteiger partial charge in [-0.1, -0.05) is 70.6 Å². The van der Waals surface area contributed by atoms with Crippen LogP contribution >= 0.6 is 40.4 Å². The first-order chi connectivity index (χ1) is 10.7. The fourth-order valence-electron chi connectivity index (χ4n) is 3.16. The van der Waals surface area contributed by atoms with Gasteiger partial charge in [0.15, 0.2) is 5.11 Å². The minimum absolute atomic E-state index is 0.00970. The van der Waals surface area contributed by atoms with Gasteiger partial charge in [0.1, 0.15) is 0 Å². The Bertz CT molecular complexity index is 844. The zero-order valence-corrected chi connectivity index (χ0v) is 14.6. The molecular formula is C17H11BrN2S2. The first-order valence-corrected chi connectivity index (χ1v) is 8.55. The molecule has 1 aliphatic carbocycles. The van der Waals surface area contributed by atoms with Crippen molar-refractivity contribution in [3.8, 4) is 0 Å². The number of aliphatic imine (C=N–C) groups is 1. The molecule has 1 aliphatic heterocycles. The molecule has 0 spiro atoms. The Labute approximate surface area is 147 Å². The summed E-state index contributed by atoms with van der Waals surface area (Å²) in [6.45, 7) is 0. The van der Waals surface area contributed by atoms with Crippen LogP contribution in [0.3, 0.4) is 0 Å². The van der Waals surface area contributed by atoms with Gasteiger partial charge in [0, 0.05) is 14.9 Å². The lowest BCUT2D eigenvalue weighted by molar-refractivity contribution is 0.601. The maximum atomic E-state index is 5.75. The maximum absolute atomic E-state index is 5.75. The molecule has 2 nitrogen and oxygen atoms in total.